The molecule has 38 heavy (non-hydrogen) atoms. The molecule has 2 aliphatic rings. The average Bonchev–Trinajstić information content (AvgIpc) is 3.12. The third kappa shape index (κ3) is 7.55. The van der Waals surface area contributed by atoms with Crippen LogP contribution in [0.2, 0.25) is 36.3 Å². The minimum atomic E-state index is -2.13. The number of rotatable bonds is 8. The van der Waals surface area contributed by atoms with Gasteiger partial charge in [0.2, 0.25) is 5.91 Å². The topological polar surface area (TPSA) is 139 Å². The lowest BCUT2D eigenvalue weighted by Crippen LogP contribution is -2.48. The third-order valence-corrected chi connectivity index (χ3v) is 17.1. The van der Waals surface area contributed by atoms with Crippen LogP contribution in [0.1, 0.15) is 54.9 Å². The average molecular weight is 566 g/mol. The second-order valence-corrected chi connectivity index (χ2v) is 22.7. The van der Waals surface area contributed by atoms with Crippen molar-refractivity contribution in [1.82, 2.24) is 15.5 Å². The van der Waals surface area contributed by atoms with E-state index in [1.54, 1.807) is 12.3 Å². The number of hydrogen-bond acceptors (Lipinski definition) is 7. The first-order chi connectivity index (χ1) is 17.2. The molecule has 3 amide bonds. The van der Waals surface area contributed by atoms with Crippen LogP contribution in [0.5, 0.6) is 0 Å². The Kier molecular flexibility index (Phi) is 9.84. The van der Waals surface area contributed by atoms with Gasteiger partial charge < -0.3 is 30.0 Å². The molecular formula is C26H47N5O5Si2. The van der Waals surface area contributed by atoms with Gasteiger partial charge in [0.1, 0.15) is 24.6 Å². The predicted octanol–water partition coefficient (Wildman–Crippen LogP) is 4.25. The van der Waals surface area contributed by atoms with Gasteiger partial charge >= 0.3 is 6.03 Å². The van der Waals surface area contributed by atoms with E-state index >= 15 is 0 Å². The van der Waals surface area contributed by atoms with Crippen LogP contribution in [-0.4, -0.2) is 64.7 Å². The fraction of sp³-hybridized carbons (Fsp3) is 0.731. The summed E-state index contributed by atoms with van der Waals surface area (Å²) in [5.41, 5.74) is 6.22. The van der Waals surface area contributed by atoms with Gasteiger partial charge in [-0.2, -0.15) is 5.26 Å². The zero-order chi connectivity index (χ0) is 29.3. The number of nitrogens with zero attached hydrogens (tertiary/aromatic N) is 2. The Morgan fingerprint density at radius 3 is 2.29 bits per heavy atom. The Morgan fingerprint density at radius 1 is 1.24 bits per heavy atom. The largest absolute Gasteiger partial charge is 0.414 e. The normalized spacial score (nSPS) is 25.1. The number of nitrogens with one attached hydrogen (secondary N) is 2. The summed E-state index contributed by atoms with van der Waals surface area (Å²) in [6.45, 7) is 23.7. The van der Waals surface area contributed by atoms with Crippen molar-refractivity contribution in [2.45, 2.75) is 116 Å². The Labute approximate surface area is 230 Å². The van der Waals surface area contributed by atoms with Crippen molar-refractivity contribution in [2.75, 3.05) is 6.61 Å². The SMILES string of the molecule is CC(=O)NC(N)/C(C#N)=C1/C=CN([C@H]2C[C@H](O[Si](C)(C)C(C)(C)C)[C@@H](CO[Si](C)(C)C(C)(C)C)O2)C(=O)N1. The summed E-state index contributed by atoms with van der Waals surface area (Å²) >= 11 is 0. The zero-order valence-corrected chi connectivity index (χ0v) is 26.9. The lowest BCUT2D eigenvalue weighted by molar-refractivity contribution is -0.119. The number of urea groups is 1. The molecule has 0 aromatic heterocycles. The number of ether oxygens (including phenoxy) is 1. The summed E-state index contributed by atoms with van der Waals surface area (Å²) in [6.07, 6.45) is 1.50. The second kappa shape index (κ2) is 11.6. The molecular weight excluding hydrogens is 518 g/mol. The van der Waals surface area contributed by atoms with Crippen LogP contribution < -0.4 is 16.4 Å². The third-order valence-electron chi connectivity index (χ3n) is 8.12. The molecule has 4 N–H and O–H groups in total. The minimum absolute atomic E-state index is 0.0123. The summed E-state index contributed by atoms with van der Waals surface area (Å²) in [5, 5.41) is 14.8. The molecule has 0 aromatic carbocycles. The molecule has 0 aliphatic carbocycles. The molecule has 0 aromatic rings. The minimum Gasteiger partial charge on any atom is -0.414 e. The van der Waals surface area contributed by atoms with Crippen molar-refractivity contribution in [3.8, 4) is 6.07 Å². The van der Waals surface area contributed by atoms with Crippen molar-refractivity contribution in [3.05, 3.63) is 23.5 Å². The second-order valence-electron chi connectivity index (χ2n) is 13.1. The van der Waals surface area contributed by atoms with Crippen LogP contribution in [0.15, 0.2) is 23.5 Å². The molecule has 0 radical (unpaired) electrons. The molecule has 1 saturated heterocycles. The van der Waals surface area contributed by atoms with E-state index < -0.39 is 35.1 Å². The fourth-order valence-corrected chi connectivity index (χ4v) is 6.00. The maximum absolute atomic E-state index is 13.1. The molecule has 2 rings (SSSR count). The van der Waals surface area contributed by atoms with Gasteiger partial charge in [0, 0.05) is 19.5 Å². The monoisotopic (exact) mass is 565 g/mol. The van der Waals surface area contributed by atoms with Gasteiger partial charge in [-0.25, -0.2) is 4.79 Å². The highest BCUT2D eigenvalue weighted by Crippen LogP contribution is 2.41. The Bertz CT molecular complexity index is 1010. The molecule has 2 aliphatic heterocycles. The van der Waals surface area contributed by atoms with E-state index in [1.807, 2.05) is 6.07 Å². The van der Waals surface area contributed by atoms with E-state index in [4.69, 9.17) is 19.3 Å². The molecule has 12 heteroatoms. The van der Waals surface area contributed by atoms with Crippen molar-refractivity contribution in [1.29, 1.82) is 5.26 Å². The van der Waals surface area contributed by atoms with Crippen LogP contribution in [-0.2, 0) is 18.4 Å². The summed E-state index contributed by atoms with van der Waals surface area (Å²) in [5.74, 6) is -0.378. The van der Waals surface area contributed by atoms with E-state index in [-0.39, 0.29) is 39.5 Å². The van der Waals surface area contributed by atoms with Crippen LogP contribution in [0.3, 0.4) is 0 Å². The first-order valence-corrected chi connectivity index (χ1v) is 18.9. The van der Waals surface area contributed by atoms with Gasteiger partial charge in [-0.1, -0.05) is 41.5 Å². The van der Waals surface area contributed by atoms with Crippen LogP contribution in [0, 0.1) is 11.3 Å². The lowest BCUT2D eigenvalue weighted by Gasteiger charge is -2.40. The highest BCUT2D eigenvalue weighted by Gasteiger charge is 2.48. The molecule has 2 heterocycles. The van der Waals surface area contributed by atoms with Gasteiger partial charge in [0.05, 0.1) is 24.0 Å². The van der Waals surface area contributed by atoms with Crippen LogP contribution >= 0.6 is 0 Å². The Hall–Kier alpha value is -2.02. The van der Waals surface area contributed by atoms with E-state index in [0.717, 1.165) is 0 Å². The zero-order valence-electron chi connectivity index (χ0n) is 24.9. The number of allylic oxidation sites excluding steroid dienone is 1. The van der Waals surface area contributed by atoms with E-state index in [0.29, 0.717) is 13.0 Å². The van der Waals surface area contributed by atoms with Crippen LogP contribution in [0.4, 0.5) is 4.79 Å². The number of amides is 3. The smallest absolute Gasteiger partial charge is 0.328 e. The fourth-order valence-electron chi connectivity index (χ4n) is 3.62. The highest BCUT2D eigenvalue weighted by molar-refractivity contribution is 6.74. The summed E-state index contributed by atoms with van der Waals surface area (Å²) in [4.78, 5) is 26.0. The molecule has 0 saturated carbocycles. The van der Waals surface area contributed by atoms with Crippen LogP contribution in [0.25, 0.3) is 0 Å². The van der Waals surface area contributed by atoms with Gasteiger partial charge in [0.15, 0.2) is 16.6 Å². The molecule has 214 valence electrons. The van der Waals surface area contributed by atoms with Crippen molar-refractivity contribution in [2.24, 2.45) is 5.73 Å². The van der Waals surface area contributed by atoms with Gasteiger partial charge in [-0.3, -0.25) is 9.69 Å². The molecule has 1 unspecified atom stereocenters. The lowest BCUT2D eigenvalue weighted by atomic mass is 10.1. The van der Waals surface area contributed by atoms with Gasteiger partial charge in [0.25, 0.3) is 0 Å². The maximum atomic E-state index is 13.1. The van der Waals surface area contributed by atoms with E-state index in [1.165, 1.54) is 11.8 Å². The number of carbonyl (C=O) groups excluding carboxylic acids is 2. The maximum Gasteiger partial charge on any atom is 0.328 e. The molecule has 10 nitrogen and oxygen atoms in total. The van der Waals surface area contributed by atoms with Crippen molar-refractivity contribution < 1.29 is 23.2 Å². The summed E-state index contributed by atoms with van der Waals surface area (Å²) < 4.78 is 19.7. The summed E-state index contributed by atoms with van der Waals surface area (Å²) in [7, 11) is -4.16. The summed E-state index contributed by atoms with van der Waals surface area (Å²) in [6, 6.07) is 1.52. The highest BCUT2D eigenvalue weighted by atomic mass is 28.4. The number of nitrogens with two attached hydrogens (primary N) is 1. The number of nitriles is 1. The number of carbonyl (C=O) groups is 2. The van der Waals surface area contributed by atoms with E-state index in [9.17, 15) is 14.9 Å². The van der Waals surface area contributed by atoms with Crippen molar-refractivity contribution >= 4 is 28.6 Å². The van der Waals surface area contributed by atoms with Gasteiger partial charge in [-0.15, -0.1) is 0 Å². The standard InChI is InChI=1S/C26H47N5O5Si2/c1-17(32)29-23(28)18(15-27)19-12-13-31(24(33)30-19)22-14-20(36-38(10,11)26(5,6)7)21(35-22)16-34-37(8,9)25(2,3)4/h12-13,20-23H,14,16,28H2,1-11H3,(H,29,32)(H,30,33)/b19-18-/t20-,21+,22+,23?/m0/s1. The van der Waals surface area contributed by atoms with Gasteiger partial charge in [-0.05, 0) is 42.3 Å². The Balaban J connectivity index is 2.30. The molecule has 0 bridgehead atoms. The molecule has 1 fully saturated rings. The first kappa shape index (κ1) is 32.2. The predicted molar refractivity (Wildman–Crippen MR) is 152 cm³/mol. The van der Waals surface area contributed by atoms with E-state index in [2.05, 4.69) is 78.4 Å². The number of hydrogen-bond donors (Lipinski definition) is 3. The molecule has 0 spiro atoms. The quantitative estimate of drug-likeness (QED) is 0.227. The van der Waals surface area contributed by atoms with Crippen molar-refractivity contribution in [3.63, 3.8) is 0 Å². The first-order valence-electron chi connectivity index (χ1n) is 13.1. The Morgan fingerprint density at radius 2 is 1.82 bits per heavy atom. The molecule has 4 atom stereocenters.